The van der Waals surface area contributed by atoms with Gasteiger partial charge in [-0.3, -0.25) is 14.5 Å². The van der Waals surface area contributed by atoms with Gasteiger partial charge in [0.2, 0.25) is 0 Å². The number of carbonyl (C=O) groups excluding carboxylic acids is 2. The third-order valence-electron chi connectivity index (χ3n) is 3.58. The highest BCUT2D eigenvalue weighted by Crippen LogP contribution is 2.34. The molecule has 0 radical (unpaired) electrons. The Hall–Kier alpha value is -1.51. The van der Waals surface area contributed by atoms with Crippen molar-refractivity contribution in [1.82, 2.24) is 4.90 Å². The van der Waals surface area contributed by atoms with Crippen molar-refractivity contribution < 1.29 is 14.3 Å². The number of hydrogen-bond acceptors (Lipinski definition) is 4. The van der Waals surface area contributed by atoms with Gasteiger partial charge in [-0.25, -0.2) is 0 Å². The van der Waals surface area contributed by atoms with Crippen LogP contribution in [0.15, 0.2) is 47.4 Å². The number of ether oxygens (including phenoxy) is 1. The van der Waals surface area contributed by atoms with Crippen LogP contribution in [-0.4, -0.2) is 23.2 Å². The summed E-state index contributed by atoms with van der Waals surface area (Å²) in [5.74, 6) is 0.479. The third-order valence-corrected chi connectivity index (χ3v) is 5.56. The summed E-state index contributed by atoms with van der Waals surface area (Å²) in [6.45, 7) is 0.211. The number of thioether (sulfide) groups is 1. The molecule has 3 rings (SSSR count). The number of methoxy groups -OCH3 is 1. The maximum atomic E-state index is 12.6. The molecule has 1 saturated heterocycles. The van der Waals surface area contributed by atoms with Gasteiger partial charge in [0.1, 0.15) is 5.75 Å². The van der Waals surface area contributed by atoms with E-state index >= 15 is 0 Å². The molecule has 25 heavy (non-hydrogen) atoms. The summed E-state index contributed by atoms with van der Waals surface area (Å²) in [7, 11) is 1.61. The molecule has 1 heterocycles. The van der Waals surface area contributed by atoms with Crippen LogP contribution in [0.1, 0.15) is 11.1 Å². The van der Waals surface area contributed by atoms with Gasteiger partial charge in [0.05, 0.1) is 22.1 Å². The maximum Gasteiger partial charge on any atom is 0.293 e. The number of halogens is 2. The second kappa shape index (κ2) is 7.80. The normalized spacial score (nSPS) is 16.0. The first-order chi connectivity index (χ1) is 12.0. The fourth-order valence-electron chi connectivity index (χ4n) is 2.38. The van der Waals surface area contributed by atoms with E-state index in [0.29, 0.717) is 9.93 Å². The lowest BCUT2D eigenvalue weighted by atomic mass is 10.2. The molecule has 0 saturated carbocycles. The molecule has 1 aliphatic heterocycles. The van der Waals surface area contributed by atoms with Gasteiger partial charge in [0.15, 0.2) is 0 Å². The fraction of sp³-hybridized carbons (Fsp3) is 0.111. The largest absolute Gasteiger partial charge is 0.496 e. The molecule has 0 spiro atoms. The summed E-state index contributed by atoms with van der Waals surface area (Å²) < 4.78 is 6.16. The molecule has 2 aromatic rings. The predicted molar refractivity (Wildman–Crippen MR) is 109 cm³/mol. The van der Waals surface area contributed by atoms with Gasteiger partial charge in [-0.05, 0) is 75.8 Å². The molecule has 0 atom stereocenters. The van der Waals surface area contributed by atoms with Crippen molar-refractivity contribution in [3.8, 4) is 5.75 Å². The van der Waals surface area contributed by atoms with Crippen LogP contribution in [0, 0.1) is 3.57 Å². The Morgan fingerprint density at radius 2 is 2.04 bits per heavy atom. The highest BCUT2D eigenvalue weighted by atomic mass is 127. The Labute approximate surface area is 168 Å². The molecule has 0 unspecified atom stereocenters. The smallest absolute Gasteiger partial charge is 0.293 e. The van der Waals surface area contributed by atoms with E-state index in [0.717, 1.165) is 32.2 Å². The van der Waals surface area contributed by atoms with E-state index in [4.69, 9.17) is 16.3 Å². The molecule has 7 heteroatoms. The fourth-order valence-corrected chi connectivity index (χ4v) is 4.19. The molecule has 1 aliphatic rings. The molecule has 4 nitrogen and oxygen atoms in total. The van der Waals surface area contributed by atoms with Gasteiger partial charge in [-0.2, -0.15) is 0 Å². The van der Waals surface area contributed by atoms with Gasteiger partial charge in [0.25, 0.3) is 11.1 Å². The Kier molecular flexibility index (Phi) is 5.71. The molecule has 0 bridgehead atoms. The lowest BCUT2D eigenvalue weighted by Crippen LogP contribution is -2.27. The summed E-state index contributed by atoms with van der Waals surface area (Å²) in [4.78, 5) is 26.4. The minimum Gasteiger partial charge on any atom is -0.496 e. The molecule has 128 valence electrons. The highest BCUT2D eigenvalue weighted by molar-refractivity contribution is 14.1. The second-order valence-corrected chi connectivity index (χ2v) is 7.88. The average molecular weight is 486 g/mol. The summed E-state index contributed by atoms with van der Waals surface area (Å²) in [5, 5.41) is 0.298. The second-order valence-electron chi connectivity index (χ2n) is 5.29. The Morgan fingerprint density at radius 3 is 2.72 bits per heavy atom. The Balaban J connectivity index is 1.82. The van der Waals surface area contributed by atoms with E-state index < -0.39 is 0 Å². The molecule has 0 N–H and O–H groups in total. The SMILES string of the molecule is COc1ccc(/C=C2\SC(=O)N(Cc3cccc(Cl)c3)C2=O)cc1I. The summed E-state index contributed by atoms with van der Waals surface area (Å²) in [5.41, 5.74) is 1.66. The first-order valence-electron chi connectivity index (χ1n) is 7.31. The standard InChI is InChI=1S/C18H13ClINO3S/c1-24-15-6-5-11(8-14(15)20)9-16-17(22)21(18(23)25-16)10-12-3-2-4-13(19)7-12/h2-9H,10H2,1H3/b16-9-. The van der Waals surface area contributed by atoms with Gasteiger partial charge in [-0.15, -0.1) is 0 Å². The predicted octanol–water partition coefficient (Wildman–Crippen LogP) is 5.19. The van der Waals surface area contributed by atoms with Crippen molar-refractivity contribution in [3.63, 3.8) is 0 Å². The van der Waals surface area contributed by atoms with E-state index in [1.165, 1.54) is 4.90 Å². The topological polar surface area (TPSA) is 46.6 Å². The summed E-state index contributed by atoms with van der Waals surface area (Å²) in [6.07, 6.45) is 1.73. The number of rotatable bonds is 4. The van der Waals surface area contributed by atoms with Crippen LogP contribution in [0.25, 0.3) is 6.08 Å². The van der Waals surface area contributed by atoms with Crippen LogP contribution < -0.4 is 4.74 Å². The molecule has 1 fully saturated rings. The minimum absolute atomic E-state index is 0.211. The number of hydrogen-bond donors (Lipinski definition) is 0. The van der Waals surface area contributed by atoms with E-state index in [9.17, 15) is 9.59 Å². The molecule has 0 aromatic heterocycles. The van der Waals surface area contributed by atoms with Crippen molar-refractivity contribution >= 4 is 63.2 Å². The van der Waals surface area contributed by atoms with Crippen LogP contribution in [0.3, 0.4) is 0 Å². The van der Waals surface area contributed by atoms with Crippen molar-refractivity contribution in [3.05, 3.63) is 67.1 Å². The summed E-state index contributed by atoms with van der Waals surface area (Å²) >= 11 is 9.08. The van der Waals surface area contributed by atoms with Crippen LogP contribution >= 0.6 is 46.0 Å². The van der Waals surface area contributed by atoms with Crippen molar-refractivity contribution in [2.75, 3.05) is 7.11 Å². The first kappa shape index (κ1) is 18.3. The maximum absolute atomic E-state index is 12.6. The monoisotopic (exact) mass is 485 g/mol. The molecular weight excluding hydrogens is 473 g/mol. The number of nitrogens with zero attached hydrogens (tertiary/aromatic N) is 1. The molecule has 2 amide bonds. The van der Waals surface area contributed by atoms with Gasteiger partial charge < -0.3 is 4.74 Å². The third kappa shape index (κ3) is 4.19. The minimum atomic E-state index is -0.291. The number of carbonyl (C=O) groups is 2. The van der Waals surface area contributed by atoms with E-state index in [1.807, 2.05) is 24.3 Å². The quantitative estimate of drug-likeness (QED) is 0.442. The Morgan fingerprint density at radius 1 is 1.24 bits per heavy atom. The number of amides is 2. The average Bonchev–Trinajstić information content (AvgIpc) is 2.83. The zero-order valence-corrected chi connectivity index (χ0v) is 16.9. The molecule has 0 aliphatic carbocycles. The van der Waals surface area contributed by atoms with Gasteiger partial charge >= 0.3 is 0 Å². The summed E-state index contributed by atoms with van der Waals surface area (Å²) in [6, 6.07) is 12.7. The highest BCUT2D eigenvalue weighted by Gasteiger charge is 2.35. The molecule has 2 aromatic carbocycles. The van der Waals surface area contributed by atoms with E-state index in [-0.39, 0.29) is 17.7 Å². The van der Waals surface area contributed by atoms with E-state index in [1.54, 1.807) is 31.4 Å². The van der Waals surface area contributed by atoms with Gasteiger partial charge in [0, 0.05) is 5.02 Å². The van der Waals surface area contributed by atoms with E-state index in [2.05, 4.69) is 22.6 Å². The zero-order valence-electron chi connectivity index (χ0n) is 13.2. The first-order valence-corrected chi connectivity index (χ1v) is 9.58. The Bertz CT molecular complexity index is 884. The van der Waals surface area contributed by atoms with Crippen LogP contribution in [0.2, 0.25) is 5.02 Å². The van der Waals surface area contributed by atoms with Crippen LogP contribution in [0.4, 0.5) is 4.79 Å². The van der Waals surface area contributed by atoms with Crippen LogP contribution in [-0.2, 0) is 11.3 Å². The van der Waals surface area contributed by atoms with Gasteiger partial charge in [-0.1, -0.05) is 29.8 Å². The van der Waals surface area contributed by atoms with Crippen LogP contribution in [0.5, 0.6) is 5.75 Å². The molecular formula is C18H13ClINO3S. The van der Waals surface area contributed by atoms with Crippen molar-refractivity contribution in [2.45, 2.75) is 6.54 Å². The number of benzene rings is 2. The van der Waals surface area contributed by atoms with Crippen molar-refractivity contribution in [2.24, 2.45) is 0 Å². The lowest BCUT2D eigenvalue weighted by Gasteiger charge is -2.12. The lowest BCUT2D eigenvalue weighted by molar-refractivity contribution is -0.123. The zero-order chi connectivity index (χ0) is 18.0. The van der Waals surface area contributed by atoms with Crippen molar-refractivity contribution in [1.29, 1.82) is 0 Å². The number of imide groups is 1.